The Morgan fingerprint density at radius 1 is 1.38 bits per heavy atom. The lowest BCUT2D eigenvalue weighted by Crippen LogP contribution is -2.68. The van der Waals surface area contributed by atoms with Crippen LogP contribution in [0.1, 0.15) is 19.3 Å². The van der Waals surface area contributed by atoms with E-state index in [0.717, 1.165) is 19.0 Å². The first-order valence-corrected chi connectivity index (χ1v) is 10.7. The van der Waals surface area contributed by atoms with Gasteiger partial charge >= 0.3 is 12.2 Å². The smallest absolute Gasteiger partial charge is 0.366 e. The molecular weight excluding hydrogens is 425 g/mol. The van der Waals surface area contributed by atoms with Crippen LogP contribution >= 0.6 is 0 Å². The van der Waals surface area contributed by atoms with Crippen molar-refractivity contribution >= 4 is 11.9 Å². The molecule has 3 saturated heterocycles. The van der Waals surface area contributed by atoms with E-state index >= 15 is 0 Å². The summed E-state index contributed by atoms with van der Waals surface area (Å²) in [7, 11) is 0. The van der Waals surface area contributed by atoms with Gasteiger partial charge in [-0.05, 0) is 31.4 Å². The first-order chi connectivity index (χ1) is 15.1. The fourth-order valence-corrected chi connectivity index (χ4v) is 5.36. The molecule has 3 aliphatic heterocycles. The summed E-state index contributed by atoms with van der Waals surface area (Å²) >= 11 is 0. The number of hydrogen-bond acceptors (Lipinski definition) is 4. The molecule has 0 aromatic rings. The minimum absolute atomic E-state index is 0.0307. The van der Waals surface area contributed by atoms with E-state index < -0.39 is 11.7 Å². The van der Waals surface area contributed by atoms with Crippen LogP contribution in [0, 0.1) is 23.7 Å². The molecule has 3 amide bonds. The maximum absolute atomic E-state index is 12.9. The van der Waals surface area contributed by atoms with Crippen LogP contribution in [0.5, 0.6) is 0 Å². The topological polar surface area (TPSA) is 65.1 Å². The van der Waals surface area contributed by atoms with E-state index in [2.05, 4.69) is 11.9 Å². The molecule has 1 spiro atoms. The van der Waals surface area contributed by atoms with E-state index in [1.807, 2.05) is 4.90 Å². The summed E-state index contributed by atoms with van der Waals surface area (Å²) in [4.78, 5) is 29.4. The van der Waals surface area contributed by atoms with Crippen LogP contribution in [0.25, 0.3) is 0 Å². The molecular formula is C22H27F3N4O3. The molecule has 2 atom stereocenters. The summed E-state index contributed by atoms with van der Waals surface area (Å²) in [6.45, 7) is 6.41. The van der Waals surface area contributed by atoms with Crippen LogP contribution in [0.15, 0.2) is 24.6 Å². The van der Waals surface area contributed by atoms with Crippen molar-refractivity contribution in [2.24, 2.45) is 11.3 Å². The molecule has 4 aliphatic rings. The zero-order valence-electron chi connectivity index (χ0n) is 17.7. The quantitative estimate of drug-likeness (QED) is 0.663. The number of fused-ring (bicyclic) bond motifs is 1. The van der Waals surface area contributed by atoms with Gasteiger partial charge in [-0.2, -0.15) is 13.2 Å². The van der Waals surface area contributed by atoms with Gasteiger partial charge in [0.15, 0.2) is 0 Å². The second kappa shape index (κ2) is 8.35. The molecule has 0 radical (unpaired) electrons. The summed E-state index contributed by atoms with van der Waals surface area (Å²) in [6.07, 6.45) is 5.05. The number of nitrogens with zero attached hydrogens (tertiary/aromatic N) is 3. The number of carbonyl (C=O) groups excluding carboxylic acids is 2. The number of terminal acetylenes is 1. The van der Waals surface area contributed by atoms with Gasteiger partial charge in [-0.25, -0.2) is 4.79 Å². The fraction of sp³-hybridized carbons (Fsp3) is 0.636. The number of halogens is 3. The van der Waals surface area contributed by atoms with Gasteiger partial charge in [0.05, 0.1) is 12.1 Å². The third kappa shape index (κ3) is 4.44. The number of likely N-dealkylation sites (tertiary alicyclic amines) is 2. The number of alkyl halides is 3. The molecule has 10 heteroatoms. The standard InChI is InChI=1S/C22H27F3N4O3/c1-3-16(22(23,24)25)10-27(4-2)9-15-7-21(8-15)13-29(14-21)20(31)28-6-5-18-17(11-28)26-19(30)12-32-18/h1,4,10,15,17-18H,2,5-9,11-14H2,(H,26,30)/b16-10+/t17-,18+/m1/s1. The second-order valence-corrected chi connectivity index (χ2v) is 9.24. The second-order valence-electron chi connectivity index (χ2n) is 9.24. The van der Waals surface area contributed by atoms with Crippen molar-refractivity contribution < 1.29 is 27.5 Å². The number of piperidine rings is 1. The van der Waals surface area contributed by atoms with Gasteiger partial charge in [-0.3, -0.25) is 4.79 Å². The number of nitrogens with one attached hydrogen (secondary N) is 1. The lowest BCUT2D eigenvalue weighted by Gasteiger charge is -2.60. The van der Waals surface area contributed by atoms with Crippen LogP contribution < -0.4 is 5.32 Å². The van der Waals surface area contributed by atoms with Gasteiger partial charge in [0.25, 0.3) is 0 Å². The molecule has 1 N–H and O–H groups in total. The van der Waals surface area contributed by atoms with E-state index in [1.54, 1.807) is 10.8 Å². The van der Waals surface area contributed by atoms with E-state index in [0.29, 0.717) is 39.1 Å². The van der Waals surface area contributed by atoms with Crippen LogP contribution in [-0.4, -0.2) is 84.3 Å². The van der Waals surface area contributed by atoms with Crippen LogP contribution in [0.3, 0.4) is 0 Å². The molecule has 32 heavy (non-hydrogen) atoms. The molecule has 4 fully saturated rings. The largest absolute Gasteiger partial charge is 0.425 e. The predicted molar refractivity (Wildman–Crippen MR) is 110 cm³/mol. The predicted octanol–water partition coefficient (Wildman–Crippen LogP) is 1.93. The molecule has 0 unspecified atom stereocenters. The summed E-state index contributed by atoms with van der Waals surface area (Å²) in [5, 5.41) is 2.90. The Kier molecular flexibility index (Phi) is 5.88. The summed E-state index contributed by atoms with van der Waals surface area (Å²) in [6, 6.07) is -0.198. The zero-order chi connectivity index (χ0) is 23.1. The lowest BCUT2D eigenvalue weighted by molar-refractivity contribution is -0.140. The Bertz CT molecular complexity index is 851. The first kappa shape index (κ1) is 22.5. The minimum Gasteiger partial charge on any atom is -0.366 e. The van der Waals surface area contributed by atoms with Gasteiger partial charge in [-0.1, -0.05) is 12.5 Å². The maximum Gasteiger partial charge on any atom is 0.425 e. The number of morpholine rings is 1. The Morgan fingerprint density at radius 3 is 2.72 bits per heavy atom. The Hall–Kier alpha value is -2.67. The molecule has 1 saturated carbocycles. The molecule has 1 aliphatic carbocycles. The molecule has 3 heterocycles. The Balaban J connectivity index is 1.24. The van der Waals surface area contributed by atoms with E-state index in [-0.39, 0.29) is 42.0 Å². The average Bonchev–Trinajstić information content (AvgIpc) is 2.69. The fourth-order valence-electron chi connectivity index (χ4n) is 5.36. The van der Waals surface area contributed by atoms with Gasteiger partial charge in [-0.15, -0.1) is 6.42 Å². The number of ether oxygens (including phenoxy) is 1. The Labute approximate surface area is 185 Å². The van der Waals surface area contributed by atoms with E-state index in [9.17, 15) is 22.8 Å². The number of allylic oxidation sites excluding steroid dienone is 1. The van der Waals surface area contributed by atoms with Crippen LogP contribution in [0.2, 0.25) is 0 Å². The number of carbonyl (C=O) groups is 2. The van der Waals surface area contributed by atoms with Gasteiger partial charge in [0.2, 0.25) is 5.91 Å². The summed E-state index contributed by atoms with van der Waals surface area (Å²) < 4.78 is 44.2. The number of hydrogen-bond donors (Lipinski definition) is 1. The van der Waals surface area contributed by atoms with Crippen molar-refractivity contribution in [3.05, 3.63) is 24.6 Å². The SMILES string of the molecule is C#C/C(=C\N(C=C)CC1CC2(C1)CN(C(=O)N1CC[C@@H]3OCC(=O)N[C@@H]3C1)C2)C(F)(F)F. The summed E-state index contributed by atoms with van der Waals surface area (Å²) in [5.74, 6) is 1.76. The first-order valence-electron chi connectivity index (χ1n) is 10.7. The highest BCUT2D eigenvalue weighted by atomic mass is 19.4. The molecule has 0 bridgehead atoms. The van der Waals surface area contributed by atoms with Crippen molar-refractivity contribution in [1.29, 1.82) is 0 Å². The van der Waals surface area contributed by atoms with Crippen molar-refractivity contribution in [3.8, 4) is 12.3 Å². The van der Waals surface area contributed by atoms with Crippen molar-refractivity contribution in [1.82, 2.24) is 20.0 Å². The van der Waals surface area contributed by atoms with Gasteiger partial charge in [0, 0.05) is 44.3 Å². The van der Waals surface area contributed by atoms with Gasteiger partial charge in [0.1, 0.15) is 12.2 Å². The maximum atomic E-state index is 12.9. The van der Waals surface area contributed by atoms with Crippen molar-refractivity contribution in [3.63, 3.8) is 0 Å². The third-order valence-corrected chi connectivity index (χ3v) is 6.82. The van der Waals surface area contributed by atoms with Crippen LogP contribution in [0.4, 0.5) is 18.0 Å². The van der Waals surface area contributed by atoms with E-state index in [4.69, 9.17) is 11.2 Å². The zero-order valence-corrected chi connectivity index (χ0v) is 17.7. The molecule has 0 aromatic heterocycles. The van der Waals surface area contributed by atoms with Crippen LogP contribution in [-0.2, 0) is 9.53 Å². The monoisotopic (exact) mass is 452 g/mol. The van der Waals surface area contributed by atoms with Crippen molar-refractivity contribution in [2.45, 2.75) is 37.6 Å². The highest BCUT2D eigenvalue weighted by Crippen LogP contribution is 2.52. The highest BCUT2D eigenvalue weighted by Gasteiger charge is 2.54. The third-order valence-electron chi connectivity index (χ3n) is 6.82. The highest BCUT2D eigenvalue weighted by molar-refractivity contribution is 5.79. The average molecular weight is 452 g/mol. The normalized spacial score (nSPS) is 27.6. The molecule has 0 aromatic carbocycles. The molecule has 7 nitrogen and oxygen atoms in total. The minimum atomic E-state index is -4.56. The molecule has 4 rings (SSSR count). The Morgan fingerprint density at radius 2 is 2.09 bits per heavy atom. The lowest BCUT2D eigenvalue weighted by atomic mass is 9.57. The van der Waals surface area contributed by atoms with E-state index in [1.165, 1.54) is 11.1 Å². The number of amides is 3. The van der Waals surface area contributed by atoms with Gasteiger partial charge < -0.3 is 24.8 Å². The number of urea groups is 1. The number of rotatable bonds is 4. The summed E-state index contributed by atoms with van der Waals surface area (Å²) in [5.41, 5.74) is -0.980. The molecule has 174 valence electrons. The van der Waals surface area contributed by atoms with Crippen molar-refractivity contribution in [2.75, 3.05) is 39.3 Å².